The smallest absolute Gasteiger partial charge is 0.0822 e. The summed E-state index contributed by atoms with van der Waals surface area (Å²) in [6.07, 6.45) is 1.30. The summed E-state index contributed by atoms with van der Waals surface area (Å²) in [6.45, 7) is 7.36. The maximum Gasteiger partial charge on any atom is 0.0822 e. The average molecular weight is 192 g/mol. The SMILES string of the molecule is CCC(OCC(C)C)c1ccccc1. The molecule has 0 heterocycles. The number of hydrogen-bond acceptors (Lipinski definition) is 1. The van der Waals surface area contributed by atoms with E-state index in [-0.39, 0.29) is 6.10 Å². The fraction of sp³-hybridized carbons (Fsp3) is 0.538. The van der Waals surface area contributed by atoms with Gasteiger partial charge in [-0.2, -0.15) is 0 Å². The summed E-state index contributed by atoms with van der Waals surface area (Å²) in [7, 11) is 0. The zero-order valence-corrected chi connectivity index (χ0v) is 9.36. The van der Waals surface area contributed by atoms with Gasteiger partial charge in [-0.15, -0.1) is 0 Å². The van der Waals surface area contributed by atoms with E-state index in [0.29, 0.717) is 5.92 Å². The second kappa shape index (κ2) is 5.82. The molecule has 0 radical (unpaired) electrons. The molecule has 1 atom stereocenters. The predicted octanol–water partition coefficient (Wildman–Crippen LogP) is 3.81. The van der Waals surface area contributed by atoms with Crippen LogP contribution in [0.2, 0.25) is 0 Å². The molecule has 1 rings (SSSR count). The van der Waals surface area contributed by atoms with Crippen LogP contribution in [0.3, 0.4) is 0 Å². The third-order valence-electron chi connectivity index (χ3n) is 2.17. The van der Waals surface area contributed by atoms with Gasteiger partial charge in [-0.1, -0.05) is 51.1 Å². The molecular formula is C13H20O. The zero-order valence-electron chi connectivity index (χ0n) is 9.36. The first kappa shape index (κ1) is 11.3. The van der Waals surface area contributed by atoms with E-state index in [9.17, 15) is 0 Å². The Kier molecular flexibility index (Phi) is 4.68. The number of ether oxygens (including phenoxy) is 1. The Bertz CT molecular complexity index is 241. The summed E-state index contributed by atoms with van der Waals surface area (Å²) < 4.78 is 5.84. The quantitative estimate of drug-likeness (QED) is 0.689. The van der Waals surface area contributed by atoms with Crippen LogP contribution >= 0.6 is 0 Å². The fourth-order valence-corrected chi connectivity index (χ4v) is 1.43. The highest BCUT2D eigenvalue weighted by atomic mass is 16.5. The third kappa shape index (κ3) is 3.51. The highest BCUT2D eigenvalue weighted by Crippen LogP contribution is 2.21. The molecule has 1 aromatic carbocycles. The number of rotatable bonds is 5. The van der Waals surface area contributed by atoms with Crippen LogP contribution in [-0.2, 0) is 4.74 Å². The monoisotopic (exact) mass is 192 g/mol. The molecule has 0 aliphatic heterocycles. The number of benzene rings is 1. The summed E-state index contributed by atoms with van der Waals surface area (Å²) in [5, 5.41) is 0. The van der Waals surface area contributed by atoms with Crippen LogP contribution in [0.5, 0.6) is 0 Å². The van der Waals surface area contributed by atoms with Crippen LogP contribution in [0.1, 0.15) is 38.9 Å². The van der Waals surface area contributed by atoms with Crippen molar-refractivity contribution in [1.29, 1.82) is 0 Å². The molecule has 1 unspecified atom stereocenters. The molecule has 0 bridgehead atoms. The van der Waals surface area contributed by atoms with Crippen LogP contribution in [-0.4, -0.2) is 6.61 Å². The van der Waals surface area contributed by atoms with E-state index in [1.54, 1.807) is 0 Å². The van der Waals surface area contributed by atoms with Crippen LogP contribution in [0.25, 0.3) is 0 Å². The Balaban J connectivity index is 2.54. The van der Waals surface area contributed by atoms with Crippen LogP contribution < -0.4 is 0 Å². The van der Waals surface area contributed by atoms with E-state index in [1.807, 2.05) is 6.07 Å². The average Bonchev–Trinajstić information content (AvgIpc) is 2.20. The Hall–Kier alpha value is -0.820. The summed E-state index contributed by atoms with van der Waals surface area (Å²) in [4.78, 5) is 0. The van der Waals surface area contributed by atoms with E-state index >= 15 is 0 Å². The minimum Gasteiger partial charge on any atom is -0.373 e. The van der Waals surface area contributed by atoms with Crippen molar-refractivity contribution in [2.45, 2.75) is 33.3 Å². The highest BCUT2D eigenvalue weighted by molar-refractivity contribution is 5.17. The molecule has 0 saturated heterocycles. The largest absolute Gasteiger partial charge is 0.373 e. The van der Waals surface area contributed by atoms with Gasteiger partial charge in [-0.3, -0.25) is 0 Å². The first-order chi connectivity index (χ1) is 6.74. The van der Waals surface area contributed by atoms with Gasteiger partial charge in [-0.05, 0) is 17.9 Å². The molecule has 1 nitrogen and oxygen atoms in total. The van der Waals surface area contributed by atoms with Gasteiger partial charge in [0.15, 0.2) is 0 Å². The van der Waals surface area contributed by atoms with Crippen molar-refractivity contribution >= 4 is 0 Å². The molecule has 14 heavy (non-hydrogen) atoms. The van der Waals surface area contributed by atoms with Crippen molar-refractivity contribution in [3.05, 3.63) is 35.9 Å². The molecule has 78 valence electrons. The van der Waals surface area contributed by atoms with E-state index in [2.05, 4.69) is 45.0 Å². The normalized spacial score (nSPS) is 13.1. The minimum absolute atomic E-state index is 0.263. The summed E-state index contributed by atoms with van der Waals surface area (Å²) in [5.41, 5.74) is 1.29. The maximum absolute atomic E-state index is 5.84. The van der Waals surface area contributed by atoms with Gasteiger partial charge in [0.25, 0.3) is 0 Å². The minimum atomic E-state index is 0.263. The van der Waals surface area contributed by atoms with Crippen LogP contribution in [0, 0.1) is 5.92 Å². The van der Waals surface area contributed by atoms with Gasteiger partial charge >= 0.3 is 0 Å². The number of hydrogen-bond donors (Lipinski definition) is 0. The summed E-state index contributed by atoms with van der Waals surface area (Å²) in [5.74, 6) is 0.604. The first-order valence-corrected chi connectivity index (χ1v) is 5.40. The van der Waals surface area contributed by atoms with Crippen molar-refractivity contribution < 1.29 is 4.74 Å². The first-order valence-electron chi connectivity index (χ1n) is 5.40. The van der Waals surface area contributed by atoms with Crippen molar-refractivity contribution in [3.8, 4) is 0 Å². The lowest BCUT2D eigenvalue weighted by Crippen LogP contribution is -2.08. The van der Waals surface area contributed by atoms with Crippen LogP contribution in [0.4, 0.5) is 0 Å². The molecular weight excluding hydrogens is 172 g/mol. The third-order valence-corrected chi connectivity index (χ3v) is 2.17. The van der Waals surface area contributed by atoms with Gasteiger partial charge < -0.3 is 4.74 Å². The Morgan fingerprint density at radius 2 is 1.79 bits per heavy atom. The van der Waals surface area contributed by atoms with Gasteiger partial charge in [0.2, 0.25) is 0 Å². The predicted molar refractivity (Wildman–Crippen MR) is 60.3 cm³/mol. The molecule has 0 amide bonds. The lowest BCUT2D eigenvalue weighted by atomic mass is 10.1. The van der Waals surface area contributed by atoms with E-state index in [1.165, 1.54) is 5.56 Å². The Labute approximate surface area is 87.1 Å². The van der Waals surface area contributed by atoms with Crippen LogP contribution in [0.15, 0.2) is 30.3 Å². The van der Waals surface area contributed by atoms with Gasteiger partial charge in [0, 0.05) is 6.61 Å². The topological polar surface area (TPSA) is 9.23 Å². The van der Waals surface area contributed by atoms with Gasteiger partial charge in [0.1, 0.15) is 0 Å². The van der Waals surface area contributed by atoms with E-state index in [4.69, 9.17) is 4.74 Å². The van der Waals surface area contributed by atoms with E-state index in [0.717, 1.165) is 13.0 Å². The zero-order chi connectivity index (χ0) is 10.4. The highest BCUT2D eigenvalue weighted by Gasteiger charge is 2.09. The maximum atomic E-state index is 5.84. The van der Waals surface area contributed by atoms with E-state index < -0.39 is 0 Å². The van der Waals surface area contributed by atoms with Crippen molar-refractivity contribution in [2.24, 2.45) is 5.92 Å². The molecule has 0 saturated carbocycles. The molecule has 0 spiro atoms. The summed E-state index contributed by atoms with van der Waals surface area (Å²) >= 11 is 0. The van der Waals surface area contributed by atoms with Crippen molar-refractivity contribution in [1.82, 2.24) is 0 Å². The lowest BCUT2D eigenvalue weighted by molar-refractivity contribution is 0.0326. The van der Waals surface area contributed by atoms with Gasteiger partial charge in [0.05, 0.1) is 6.10 Å². The molecule has 0 fully saturated rings. The second-order valence-corrected chi connectivity index (χ2v) is 4.03. The molecule has 1 aromatic rings. The summed E-state index contributed by atoms with van der Waals surface area (Å²) in [6, 6.07) is 10.4. The Morgan fingerprint density at radius 3 is 2.29 bits per heavy atom. The molecule has 0 aliphatic rings. The lowest BCUT2D eigenvalue weighted by Gasteiger charge is -2.17. The van der Waals surface area contributed by atoms with Crippen molar-refractivity contribution in [3.63, 3.8) is 0 Å². The molecule has 0 aliphatic carbocycles. The fourth-order valence-electron chi connectivity index (χ4n) is 1.43. The van der Waals surface area contributed by atoms with Crippen molar-refractivity contribution in [2.75, 3.05) is 6.61 Å². The molecule has 0 N–H and O–H groups in total. The Morgan fingerprint density at radius 1 is 1.14 bits per heavy atom. The second-order valence-electron chi connectivity index (χ2n) is 4.03. The molecule has 1 heteroatoms. The molecule has 0 aromatic heterocycles. The van der Waals surface area contributed by atoms with Gasteiger partial charge in [-0.25, -0.2) is 0 Å². The standard InChI is InChI=1S/C13H20O/c1-4-13(14-10-11(2)3)12-8-6-5-7-9-12/h5-9,11,13H,4,10H2,1-3H3.